The molecule has 0 fully saturated rings. The zero-order chi connectivity index (χ0) is 15.0. The Balaban J connectivity index is 2.43. The molecule has 1 rings (SSSR count). The minimum atomic E-state index is -0.0330. The van der Waals surface area contributed by atoms with Crippen LogP contribution in [0.3, 0.4) is 0 Å². The number of benzene rings is 1. The lowest BCUT2D eigenvalue weighted by atomic mass is 10.1. The SMILES string of the molecule is CCN(CC(=O)Cc1ccccc1)CC(=O)NC(C)C. The van der Waals surface area contributed by atoms with Crippen LogP contribution < -0.4 is 5.32 Å². The predicted octanol–water partition coefficient (Wildman–Crippen LogP) is 1.64. The lowest BCUT2D eigenvalue weighted by Crippen LogP contribution is -2.42. The highest BCUT2D eigenvalue weighted by molar-refractivity contribution is 5.84. The van der Waals surface area contributed by atoms with Gasteiger partial charge < -0.3 is 5.32 Å². The second-order valence-corrected chi connectivity index (χ2v) is 5.23. The summed E-state index contributed by atoms with van der Waals surface area (Å²) >= 11 is 0. The number of carbonyl (C=O) groups is 2. The van der Waals surface area contributed by atoms with E-state index in [1.54, 1.807) is 0 Å². The van der Waals surface area contributed by atoms with Gasteiger partial charge in [0.1, 0.15) is 0 Å². The Labute approximate surface area is 121 Å². The number of ketones is 1. The lowest BCUT2D eigenvalue weighted by molar-refractivity contribution is -0.124. The Morgan fingerprint density at radius 2 is 1.80 bits per heavy atom. The van der Waals surface area contributed by atoms with E-state index in [0.717, 1.165) is 5.56 Å². The largest absolute Gasteiger partial charge is 0.353 e. The minimum absolute atomic E-state index is 0.0330. The van der Waals surface area contributed by atoms with Gasteiger partial charge in [0.15, 0.2) is 5.78 Å². The minimum Gasteiger partial charge on any atom is -0.353 e. The summed E-state index contributed by atoms with van der Waals surface area (Å²) in [5, 5.41) is 2.84. The quantitative estimate of drug-likeness (QED) is 0.785. The van der Waals surface area contributed by atoms with E-state index in [9.17, 15) is 9.59 Å². The Morgan fingerprint density at radius 1 is 1.15 bits per heavy atom. The molecule has 1 N–H and O–H groups in total. The standard InChI is InChI=1S/C16H24N2O2/c1-4-18(12-16(20)17-13(2)3)11-15(19)10-14-8-6-5-7-9-14/h5-9,13H,4,10-12H2,1-3H3,(H,17,20). The van der Waals surface area contributed by atoms with Crippen LogP contribution in [-0.4, -0.2) is 42.3 Å². The van der Waals surface area contributed by atoms with Crippen molar-refractivity contribution in [2.45, 2.75) is 33.2 Å². The molecular formula is C16H24N2O2. The predicted molar refractivity (Wildman–Crippen MR) is 80.5 cm³/mol. The number of amides is 1. The molecule has 0 saturated carbocycles. The van der Waals surface area contributed by atoms with Crippen LogP contribution in [0.5, 0.6) is 0 Å². The van der Waals surface area contributed by atoms with Crippen molar-refractivity contribution < 1.29 is 9.59 Å². The molecule has 0 saturated heterocycles. The maximum Gasteiger partial charge on any atom is 0.234 e. The topological polar surface area (TPSA) is 49.4 Å². The molecule has 1 aromatic carbocycles. The molecular weight excluding hydrogens is 252 g/mol. The molecule has 0 aliphatic heterocycles. The van der Waals surface area contributed by atoms with Gasteiger partial charge in [-0.05, 0) is 26.0 Å². The Bertz CT molecular complexity index is 429. The first-order valence-corrected chi connectivity index (χ1v) is 7.08. The molecule has 0 bridgehead atoms. The van der Waals surface area contributed by atoms with Crippen molar-refractivity contribution in [1.29, 1.82) is 0 Å². The van der Waals surface area contributed by atoms with Crippen LogP contribution in [0, 0.1) is 0 Å². The summed E-state index contributed by atoms with van der Waals surface area (Å²) in [4.78, 5) is 25.6. The van der Waals surface area contributed by atoms with E-state index in [1.165, 1.54) is 0 Å². The van der Waals surface area contributed by atoms with Crippen molar-refractivity contribution in [3.8, 4) is 0 Å². The van der Waals surface area contributed by atoms with Crippen molar-refractivity contribution in [2.75, 3.05) is 19.6 Å². The summed E-state index contributed by atoms with van der Waals surface area (Å²) in [6.07, 6.45) is 0.420. The van der Waals surface area contributed by atoms with Gasteiger partial charge in [-0.25, -0.2) is 0 Å². The van der Waals surface area contributed by atoms with Gasteiger partial charge in [0.2, 0.25) is 5.91 Å². The number of Topliss-reactive ketones (excluding diaryl/α,β-unsaturated/α-hetero) is 1. The monoisotopic (exact) mass is 276 g/mol. The third-order valence-corrected chi connectivity index (χ3v) is 2.91. The van der Waals surface area contributed by atoms with Crippen molar-refractivity contribution in [2.24, 2.45) is 0 Å². The molecule has 0 radical (unpaired) electrons. The van der Waals surface area contributed by atoms with Crippen molar-refractivity contribution >= 4 is 11.7 Å². The molecule has 110 valence electrons. The van der Waals surface area contributed by atoms with Crippen LogP contribution in [-0.2, 0) is 16.0 Å². The summed E-state index contributed by atoms with van der Waals surface area (Å²) < 4.78 is 0. The maximum atomic E-state index is 12.0. The molecule has 0 unspecified atom stereocenters. The highest BCUT2D eigenvalue weighted by Gasteiger charge is 2.13. The fourth-order valence-electron chi connectivity index (χ4n) is 1.98. The van der Waals surface area contributed by atoms with Crippen molar-refractivity contribution in [1.82, 2.24) is 10.2 Å². The van der Waals surface area contributed by atoms with E-state index in [0.29, 0.717) is 19.5 Å². The lowest BCUT2D eigenvalue weighted by Gasteiger charge is -2.19. The van der Waals surface area contributed by atoms with Gasteiger partial charge in [-0.1, -0.05) is 37.3 Å². The van der Waals surface area contributed by atoms with Gasteiger partial charge in [-0.2, -0.15) is 0 Å². The van der Waals surface area contributed by atoms with Gasteiger partial charge in [-0.15, -0.1) is 0 Å². The Kier molecular flexibility index (Phi) is 6.94. The average molecular weight is 276 g/mol. The molecule has 0 atom stereocenters. The first kappa shape index (κ1) is 16.4. The number of hydrogen-bond acceptors (Lipinski definition) is 3. The van der Waals surface area contributed by atoms with Crippen LogP contribution in [0.25, 0.3) is 0 Å². The van der Waals surface area contributed by atoms with E-state index in [-0.39, 0.29) is 24.3 Å². The summed E-state index contributed by atoms with van der Waals surface area (Å²) in [7, 11) is 0. The molecule has 4 heteroatoms. The molecule has 0 aliphatic rings. The van der Waals surface area contributed by atoms with Crippen LogP contribution >= 0.6 is 0 Å². The molecule has 4 nitrogen and oxygen atoms in total. The molecule has 0 spiro atoms. The fourth-order valence-corrected chi connectivity index (χ4v) is 1.98. The number of likely N-dealkylation sites (N-methyl/N-ethyl adjacent to an activating group) is 1. The third kappa shape index (κ3) is 6.48. The third-order valence-electron chi connectivity index (χ3n) is 2.91. The molecule has 0 aliphatic carbocycles. The first-order chi connectivity index (χ1) is 9.51. The van der Waals surface area contributed by atoms with Crippen LogP contribution in [0.1, 0.15) is 26.3 Å². The van der Waals surface area contributed by atoms with Crippen molar-refractivity contribution in [3.05, 3.63) is 35.9 Å². The smallest absolute Gasteiger partial charge is 0.234 e. The van der Waals surface area contributed by atoms with Gasteiger partial charge >= 0.3 is 0 Å². The first-order valence-electron chi connectivity index (χ1n) is 7.08. The second-order valence-electron chi connectivity index (χ2n) is 5.23. The summed E-state index contributed by atoms with van der Waals surface area (Å²) in [6, 6.07) is 9.80. The number of nitrogens with one attached hydrogen (secondary N) is 1. The van der Waals surface area contributed by atoms with Gasteiger partial charge in [0.25, 0.3) is 0 Å². The average Bonchev–Trinajstić information content (AvgIpc) is 2.38. The molecule has 0 heterocycles. The summed E-state index contributed by atoms with van der Waals surface area (Å²) in [6.45, 7) is 7.08. The molecule has 20 heavy (non-hydrogen) atoms. The maximum absolute atomic E-state index is 12.0. The zero-order valence-electron chi connectivity index (χ0n) is 12.6. The van der Waals surface area contributed by atoms with E-state index < -0.39 is 0 Å². The highest BCUT2D eigenvalue weighted by Crippen LogP contribution is 2.01. The van der Waals surface area contributed by atoms with Crippen molar-refractivity contribution in [3.63, 3.8) is 0 Å². The Hall–Kier alpha value is -1.68. The normalized spacial score (nSPS) is 10.8. The van der Waals surface area contributed by atoms with E-state index in [1.807, 2.05) is 56.0 Å². The number of hydrogen-bond donors (Lipinski definition) is 1. The number of rotatable bonds is 8. The van der Waals surface area contributed by atoms with E-state index in [2.05, 4.69) is 5.32 Å². The van der Waals surface area contributed by atoms with Crippen LogP contribution in [0.2, 0.25) is 0 Å². The molecule has 0 aromatic heterocycles. The fraction of sp³-hybridized carbons (Fsp3) is 0.500. The Morgan fingerprint density at radius 3 is 2.35 bits per heavy atom. The summed E-state index contributed by atoms with van der Waals surface area (Å²) in [5.41, 5.74) is 1.01. The van der Waals surface area contributed by atoms with Gasteiger partial charge in [0.05, 0.1) is 13.1 Å². The van der Waals surface area contributed by atoms with E-state index >= 15 is 0 Å². The number of nitrogens with zero attached hydrogens (tertiary/aromatic N) is 1. The van der Waals surface area contributed by atoms with Gasteiger partial charge in [-0.3, -0.25) is 14.5 Å². The van der Waals surface area contributed by atoms with Gasteiger partial charge in [0, 0.05) is 12.5 Å². The van der Waals surface area contributed by atoms with E-state index in [4.69, 9.17) is 0 Å². The van der Waals surface area contributed by atoms with Crippen LogP contribution in [0.4, 0.5) is 0 Å². The molecule has 1 amide bonds. The molecule has 1 aromatic rings. The zero-order valence-corrected chi connectivity index (χ0v) is 12.6. The highest BCUT2D eigenvalue weighted by atomic mass is 16.2. The summed E-state index contributed by atoms with van der Waals surface area (Å²) in [5.74, 6) is 0.102. The van der Waals surface area contributed by atoms with Crippen LogP contribution in [0.15, 0.2) is 30.3 Å². The second kappa shape index (κ2) is 8.48. The number of carbonyl (C=O) groups excluding carboxylic acids is 2.